The van der Waals surface area contributed by atoms with E-state index in [-0.39, 0.29) is 11.6 Å². The van der Waals surface area contributed by atoms with Gasteiger partial charge in [-0.25, -0.2) is 4.98 Å². The minimum Gasteiger partial charge on any atom is -0.345 e. The third-order valence-electron chi connectivity index (χ3n) is 2.72. The molecule has 1 unspecified atom stereocenters. The van der Waals surface area contributed by atoms with Crippen molar-refractivity contribution in [1.82, 2.24) is 10.3 Å². The van der Waals surface area contributed by atoms with Gasteiger partial charge in [0.05, 0.1) is 11.6 Å². The first kappa shape index (κ1) is 13.7. The van der Waals surface area contributed by atoms with Crippen LogP contribution in [-0.2, 0) is 0 Å². The van der Waals surface area contributed by atoms with Gasteiger partial charge in [0.2, 0.25) is 5.95 Å². The molecule has 1 aromatic heterocycles. The van der Waals surface area contributed by atoms with E-state index in [0.717, 1.165) is 10.0 Å². The number of carbonyl (C=O) groups is 1. The molecular formula is C14H12BrFN2O. The van der Waals surface area contributed by atoms with E-state index in [1.54, 1.807) is 0 Å². The highest BCUT2D eigenvalue weighted by atomic mass is 79.9. The number of nitrogens with zero attached hydrogens (tertiary/aromatic N) is 1. The lowest BCUT2D eigenvalue weighted by Crippen LogP contribution is -2.27. The highest BCUT2D eigenvalue weighted by Gasteiger charge is 2.16. The van der Waals surface area contributed by atoms with Crippen molar-refractivity contribution in [3.63, 3.8) is 0 Å². The molecule has 0 aliphatic rings. The minimum atomic E-state index is -0.765. The number of nitrogens with one attached hydrogen (secondary N) is 1. The van der Waals surface area contributed by atoms with Gasteiger partial charge in [-0.15, -0.1) is 0 Å². The monoisotopic (exact) mass is 322 g/mol. The van der Waals surface area contributed by atoms with Gasteiger partial charge >= 0.3 is 0 Å². The molecule has 2 rings (SSSR count). The van der Waals surface area contributed by atoms with Crippen molar-refractivity contribution in [2.24, 2.45) is 0 Å². The number of benzene rings is 1. The Kier molecular flexibility index (Phi) is 4.27. The molecule has 0 saturated heterocycles. The maximum Gasteiger partial charge on any atom is 0.256 e. The number of hydrogen-bond acceptors (Lipinski definition) is 2. The largest absolute Gasteiger partial charge is 0.345 e. The zero-order chi connectivity index (χ0) is 13.8. The van der Waals surface area contributed by atoms with Crippen LogP contribution < -0.4 is 5.32 Å². The van der Waals surface area contributed by atoms with Gasteiger partial charge in [-0.1, -0.05) is 34.1 Å². The van der Waals surface area contributed by atoms with Gasteiger partial charge in [0.1, 0.15) is 0 Å². The molecule has 3 nitrogen and oxygen atoms in total. The Hall–Kier alpha value is -1.75. The van der Waals surface area contributed by atoms with Crippen LogP contribution in [0.5, 0.6) is 0 Å². The van der Waals surface area contributed by atoms with Crippen molar-refractivity contribution < 1.29 is 9.18 Å². The Bertz CT molecular complexity index is 604. The van der Waals surface area contributed by atoms with E-state index < -0.39 is 11.9 Å². The maximum atomic E-state index is 13.4. The van der Waals surface area contributed by atoms with Gasteiger partial charge in [-0.2, -0.15) is 4.39 Å². The summed E-state index contributed by atoms with van der Waals surface area (Å²) in [6.45, 7) is 1.84. The van der Waals surface area contributed by atoms with Crippen LogP contribution in [0.2, 0.25) is 0 Å². The smallest absolute Gasteiger partial charge is 0.256 e. The molecule has 1 aromatic carbocycles. The molecule has 1 atom stereocenters. The standard InChI is InChI=1S/C14H12BrFN2O/c1-9(10-5-2-3-7-12(10)15)18-14(19)11-6-4-8-17-13(11)16/h2-9H,1H3,(H,18,19). The second-order valence-corrected chi connectivity index (χ2v) is 4.91. The summed E-state index contributed by atoms with van der Waals surface area (Å²) in [5.74, 6) is -1.24. The molecule has 5 heteroatoms. The van der Waals surface area contributed by atoms with Crippen LogP contribution >= 0.6 is 15.9 Å². The van der Waals surface area contributed by atoms with Gasteiger partial charge in [-0.05, 0) is 30.7 Å². The summed E-state index contributed by atoms with van der Waals surface area (Å²) in [6.07, 6.45) is 1.31. The molecule has 0 spiro atoms. The summed E-state index contributed by atoms with van der Waals surface area (Å²) in [5.41, 5.74) is 0.876. The number of halogens is 2. The SMILES string of the molecule is CC(NC(=O)c1cccnc1F)c1ccccc1Br. The van der Waals surface area contributed by atoms with E-state index in [1.165, 1.54) is 18.3 Å². The van der Waals surface area contributed by atoms with Gasteiger partial charge < -0.3 is 5.32 Å². The molecule has 98 valence electrons. The van der Waals surface area contributed by atoms with Crippen LogP contribution in [0.1, 0.15) is 28.9 Å². The highest BCUT2D eigenvalue weighted by Crippen LogP contribution is 2.23. The Balaban J connectivity index is 2.16. The first-order valence-corrected chi connectivity index (χ1v) is 6.54. The fourth-order valence-corrected chi connectivity index (χ4v) is 2.36. The molecule has 0 aliphatic carbocycles. The zero-order valence-corrected chi connectivity index (χ0v) is 11.8. The number of rotatable bonds is 3. The third-order valence-corrected chi connectivity index (χ3v) is 3.45. The van der Waals surface area contributed by atoms with E-state index >= 15 is 0 Å². The van der Waals surface area contributed by atoms with Gasteiger partial charge in [0.15, 0.2) is 0 Å². The lowest BCUT2D eigenvalue weighted by molar-refractivity contribution is 0.0935. The molecule has 1 amide bonds. The van der Waals surface area contributed by atoms with Gasteiger partial charge in [0.25, 0.3) is 5.91 Å². The van der Waals surface area contributed by atoms with Gasteiger partial charge in [-0.3, -0.25) is 4.79 Å². The number of carbonyl (C=O) groups excluding carboxylic acids is 1. The molecule has 0 fully saturated rings. The van der Waals surface area contributed by atoms with E-state index in [0.29, 0.717) is 0 Å². The molecule has 0 aliphatic heterocycles. The zero-order valence-electron chi connectivity index (χ0n) is 10.2. The number of hydrogen-bond donors (Lipinski definition) is 1. The molecule has 1 N–H and O–H groups in total. The molecular weight excluding hydrogens is 311 g/mol. The molecule has 0 saturated carbocycles. The second-order valence-electron chi connectivity index (χ2n) is 4.06. The van der Waals surface area contributed by atoms with Crippen molar-refractivity contribution in [3.05, 3.63) is 64.1 Å². The third kappa shape index (κ3) is 3.17. The van der Waals surface area contributed by atoms with E-state index in [9.17, 15) is 9.18 Å². The first-order chi connectivity index (χ1) is 9.09. The minimum absolute atomic E-state index is 0.0543. The number of pyridine rings is 1. The van der Waals surface area contributed by atoms with Crippen LogP contribution in [0, 0.1) is 5.95 Å². The quantitative estimate of drug-likeness (QED) is 0.879. The summed E-state index contributed by atoms with van der Waals surface area (Å²) in [7, 11) is 0. The van der Waals surface area contributed by atoms with E-state index in [4.69, 9.17) is 0 Å². The fourth-order valence-electron chi connectivity index (χ4n) is 1.73. The normalized spacial score (nSPS) is 11.9. The number of amides is 1. The lowest BCUT2D eigenvalue weighted by Gasteiger charge is -2.15. The molecule has 2 aromatic rings. The molecule has 0 bridgehead atoms. The topological polar surface area (TPSA) is 42.0 Å². The average molecular weight is 323 g/mol. The summed E-state index contributed by atoms with van der Waals surface area (Å²) in [6, 6.07) is 10.3. The predicted molar refractivity (Wildman–Crippen MR) is 74.2 cm³/mol. The molecule has 0 radical (unpaired) electrons. The van der Waals surface area contributed by atoms with Crippen molar-refractivity contribution >= 4 is 21.8 Å². The van der Waals surface area contributed by atoms with Crippen LogP contribution in [0.15, 0.2) is 47.1 Å². The van der Waals surface area contributed by atoms with E-state index in [1.807, 2.05) is 31.2 Å². The second kappa shape index (κ2) is 5.93. The summed E-state index contributed by atoms with van der Waals surface area (Å²) < 4.78 is 14.3. The average Bonchev–Trinajstić information content (AvgIpc) is 2.39. The Labute approximate surface area is 119 Å². The Morgan fingerprint density at radius 1 is 1.32 bits per heavy atom. The van der Waals surface area contributed by atoms with Crippen LogP contribution in [0.4, 0.5) is 4.39 Å². The molecule has 19 heavy (non-hydrogen) atoms. The van der Waals surface area contributed by atoms with Crippen molar-refractivity contribution in [1.29, 1.82) is 0 Å². The first-order valence-electron chi connectivity index (χ1n) is 5.75. The van der Waals surface area contributed by atoms with Crippen LogP contribution in [0.3, 0.4) is 0 Å². The lowest BCUT2D eigenvalue weighted by atomic mass is 10.1. The summed E-state index contributed by atoms with van der Waals surface area (Å²) >= 11 is 3.42. The fraction of sp³-hybridized carbons (Fsp3) is 0.143. The summed E-state index contributed by atoms with van der Waals surface area (Å²) in [5, 5.41) is 2.75. The predicted octanol–water partition coefficient (Wildman–Crippen LogP) is 3.47. The Morgan fingerprint density at radius 3 is 2.74 bits per heavy atom. The summed E-state index contributed by atoms with van der Waals surface area (Å²) in [4.78, 5) is 15.4. The van der Waals surface area contributed by atoms with Gasteiger partial charge in [0, 0.05) is 10.7 Å². The van der Waals surface area contributed by atoms with Crippen molar-refractivity contribution in [2.75, 3.05) is 0 Å². The van der Waals surface area contributed by atoms with Crippen molar-refractivity contribution in [2.45, 2.75) is 13.0 Å². The van der Waals surface area contributed by atoms with Crippen LogP contribution in [-0.4, -0.2) is 10.9 Å². The van der Waals surface area contributed by atoms with E-state index in [2.05, 4.69) is 26.2 Å². The number of aromatic nitrogens is 1. The molecule has 1 heterocycles. The Morgan fingerprint density at radius 2 is 2.05 bits per heavy atom. The van der Waals surface area contributed by atoms with Crippen molar-refractivity contribution in [3.8, 4) is 0 Å². The van der Waals surface area contributed by atoms with Crippen LogP contribution in [0.25, 0.3) is 0 Å². The maximum absolute atomic E-state index is 13.4. The highest BCUT2D eigenvalue weighted by molar-refractivity contribution is 9.10.